The first-order valence-corrected chi connectivity index (χ1v) is 7.38. The van der Waals surface area contributed by atoms with Crippen LogP contribution >= 0.6 is 0 Å². The van der Waals surface area contributed by atoms with E-state index in [0.717, 1.165) is 11.3 Å². The van der Waals surface area contributed by atoms with Crippen molar-refractivity contribution in [1.29, 1.82) is 0 Å². The number of hydrogen-bond donors (Lipinski definition) is 0. The Kier molecular flexibility index (Phi) is 4.02. The molecule has 112 valence electrons. The van der Waals surface area contributed by atoms with Crippen LogP contribution in [0.15, 0.2) is 65.7 Å². The number of anilines is 1. The van der Waals surface area contributed by atoms with Gasteiger partial charge in [-0.3, -0.25) is 9.79 Å². The molecule has 0 radical (unpaired) electrons. The number of para-hydroxylation sites is 1. The minimum atomic E-state index is -0.384. The van der Waals surface area contributed by atoms with Gasteiger partial charge in [0.25, 0.3) is 5.91 Å². The Morgan fingerprint density at radius 1 is 1.00 bits per heavy atom. The minimum Gasteiger partial charge on any atom is -0.277 e. The number of amides is 1. The molecule has 2 unspecified atom stereocenters. The zero-order valence-corrected chi connectivity index (χ0v) is 12.8. The zero-order valence-electron chi connectivity index (χ0n) is 12.8. The van der Waals surface area contributed by atoms with Gasteiger partial charge < -0.3 is 0 Å². The van der Waals surface area contributed by atoms with E-state index in [4.69, 9.17) is 0 Å². The van der Waals surface area contributed by atoms with Gasteiger partial charge in [0.2, 0.25) is 0 Å². The smallest absolute Gasteiger partial charge is 0.268 e. The summed E-state index contributed by atoms with van der Waals surface area (Å²) < 4.78 is 0. The summed E-state index contributed by atoms with van der Waals surface area (Å²) in [4.78, 5) is 17.2. The van der Waals surface area contributed by atoms with Gasteiger partial charge in [-0.1, -0.05) is 48.5 Å². The molecule has 1 aliphatic rings. The summed E-state index contributed by atoms with van der Waals surface area (Å²) in [6, 6.07) is 19.2. The predicted molar refractivity (Wildman–Crippen MR) is 89.0 cm³/mol. The van der Waals surface area contributed by atoms with Gasteiger partial charge in [-0.15, -0.1) is 0 Å². The Morgan fingerprint density at radius 3 is 2.23 bits per heavy atom. The maximum Gasteiger partial charge on any atom is 0.268 e. The summed E-state index contributed by atoms with van der Waals surface area (Å²) in [5.41, 5.74) is 1.88. The molecular weight excluding hydrogens is 274 g/mol. The number of hydrogen-bond acceptors (Lipinski definition) is 3. The fraction of sp³-hybridized carbons (Fsp3) is 0.222. The second-order valence-corrected chi connectivity index (χ2v) is 5.43. The van der Waals surface area contributed by atoms with Gasteiger partial charge in [-0.05, 0) is 24.6 Å². The lowest BCUT2D eigenvalue weighted by Gasteiger charge is -2.26. The number of benzene rings is 2. The molecule has 4 nitrogen and oxygen atoms in total. The normalized spacial score (nSPS) is 22.6. The molecule has 1 fully saturated rings. The molecule has 0 N–H and O–H groups in total. The molecule has 1 saturated heterocycles. The lowest BCUT2D eigenvalue weighted by atomic mass is 10.1. The monoisotopic (exact) mass is 293 g/mol. The van der Waals surface area contributed by atoms with E-state index in [2.05, 4.69) is 4.99 Å². The Morgan fingerprint density at radius 2 is 1.59 bits per heavy atom. The highest BCUT2D eigenvalue weighted by Crippen LogP contribution is 2.27. The molecule has 2 atom stereocenters. The number of carbonyl (C=O) groups excluding carboxylic acids is 1. The number of hydrazine groups is 1. The molecule has 4 heteroatoms. The van der Waals surface area contributed by atoms with Crippen LogP contribution in [0.3, 0.4) is 0 Å². The van der Waals surface area contributed by atoms with Crippen molar-refractivity contribution in [2.45, 2.75) is 19.0 Å². The number of rotatable bonds is 3. The van der Waals surface area contributed by atoms with Crippen LogP contribution in [0.5, 0.6) is 0 Å². The Bertz CT molecular complexity index is 669. The van der Waals surface area contributed by atoms with Gasteiger partial charge in [0, 0.05) is 13.3 Å². The van der Waals surface area contributed by atoms with E-state index in [1.165, 1.54) is 0 Å². The molecule has 0 spiro atoms. The number of carbonyl (C=O) groups is 1. The minimum absolute atomic E-state index is 0.00776. The van der Waals surface area contributed by atoms with Gasteiger partial charge in [0.1, 0.15) is 6.04 Å². The van der Waals surface area contributed by atoms with E-state index in [0.29, 0.717) is 0 Å². The average Bonchev–Trinajstić information content (AvgIpc) is 2.77. The molecule has 1 amide bonds. The predicted octanol–water partition coefficient (Wildman–Crippen LogP) is 2.76. The number of likely N-dealkylation sites (N-methyl/N-ethyl adjacent to an activating group) is 1. The SMILES string of the molecule is CC1C(N=Cc2ccccc2)C(=O)N(c2ccccc2)N1C. The van der Waals surface area contributed by atoms with Crippen LogP contribution in [-0.4, -0.2) is 36.3 Å². The van der Waals surface area contributed by atoms with Gasteiger partial charge in [0.05, 0.1) is 11.7 Å². The summed E-state index contributed by atoms with van der Waals surface area (Å²) in [5.74, 6) is 0.00776. The molecule has 0 aromatic heterocycles. The molecule has 1 aliphatic heterocycles. The van der Waals surface area contributed by atoms with Crippen LogP contribution in [0.4, 0.5) is 5.69 Å². The maximum absolute atomic E-state index is 12.7. The van der Waals surface area contributed by atoms with Crippen LogP contribution in [0.2, 0.25) is 0 Å². The van der Waals surface area contributed by atoms with Crippen molar-refractivity contribution < 1.29 is 4.79 Å². The molecule has 3 rings (SSSR count). The van der Waals surface area contributed by atoms with E-state index in [-0.39, 0.29) is 18.0 Å². The third-order valence-electron chi connectivity index (χ3n) is 4.01. The molecule has 0 saturated carbocycles. The molecule has 0 aliphatic carbocycles. The van der Waals surface area contributed by atoms with E-state index in [1.54, 1.807) is 11.2 Å². The second-order valence-electron chi connectivity index (χ2n) is 5.43. The third-order valence-corrected chi connectivity index (χ3v) is 4.01. The maximum atomic E-state index is 12.7. The van der Waals surface area contributed by atoms with Crippen molar-refractivity contribution in [3.05, 3.63) is 66.2 Å². The summed E-state index contributed by atoms with van der Waals surface area (Å²) in [6.45, 7) is 2.02. The fourth-order valence-corrected chi connectivity index (χ4v) is 2.65. The van der Waals surface area contributed by atoms with Gasteiger partial charge in [0.15, 0.2) is 0 Å². The number of aliphatic imine (C=N–C) groups is 1. The molecular formula is C18H19N3O. The Labute approximate surface area is 130 Å². The molecule has 2 aromatic carbocycles. The van der Waals surface area contributed by atoms with Crippen molar-refractivity contribution in [1.82, 2.24) is 5.01 Å². The van der Waals surface area contributed by atoms with E-state index < -0.39 is 0 Å². The highest BCUT2D eigenvalue weighted by Gasteiger charge is 2.42. The van der Waals surface area contributed by atoms with Crippen molar-refractivity contribution in [3.63, 3.8) is 0 Å². The third kappa shape index (κ3) is 2.65. The van der Waals surface area contributed by atoms with Gasteiger partial charge in [-0.25, -0.2) is 10.0 Å². The Balaban J connectivity index is 1.85. The summed E-state index contributed by atoms with van der Waals surface area (Å²) in [6.07, 6.45) is 1.78. The van der Waals surface area contributed by atoms with Gasteiger partial charge >= 0.3 is 0 Å². The molecule has 22 heavy (non-hydrogen) atoms. The first-order valence-electron chi connectivity index (χ1n) is 7.38. The van der Waals surface area contributed by atoms with Crippen LogP contribution in [0.25, 0.3) is 0 Å². The van der Waals surface area contributed by atoms with Crippen LogP contribution < -0.4 is 5.01 Å². The lowest BCUT2D eigenvalue weighted by molar-refractivity contribution is -0.118. The van der Waals surface area contributed by atoms with E-state index in [9.17, 15) is 4.79 Å². The summed E-state index contributed by atoms with van der Waals surface area (Å²) >= 11 is 0. The van der Waals surface area contributed by atoms with Crippen LogP contribution in [-0.2, 0) is 4.79 Å². The first kappa shape index (κ1) is 14.5. The first-order chi connectivity index (χ1) is 10.7. The summed E-state index contributed by atoms with van der Waals surface area (Å²) in [7, 11) is 1.92. The van der Waals surface area contributed by atoms with Crippen LogP contribution in [0.1, 0.15) is 12.5 Å². The second kappa shape index (κ2) is 6.12. The highest BCUT2D eigenvalue weighted by molar-refractivity contribution is 6.00. The summed E-state index contributed by atoms with van der Waals surface area (Å²) in [5, 5.41) is 3.66. The van der Waals surface area contributed by atoms with Crippen molar-refractivity contribution in [3.8, 4) is 0 Å². The van der Waals surface area contributed by atoms with Crippen molar-refractivity contribution >= 4 is 17.8 Å². The fourth-order valence-electron chi connectivity index (χ4n) is 2.65. The Hall–Kier alpha value is -2.46. The number of nitrogens with zero attached hydrogens (tertiary/aromatic N) is 3. The molecule has 2 aromatic rings. The van der Waals surface area contributed by atoms with E-state index in [1.807, 2.05) is 79.6 Å². The topological polar surface area (TPSA) is 35.9 Å². The van der Waals surface area contributed by atoms with Crippen molar-refractivity contribution in [2.75, 3.05) is 12.1 Å². The quantitative estimate of drug-likeness (QED) is 0.816. The van der Waals surface area contributed by atoms with Gasteiger partial charge in [-0.2, -0.15) is 0 Å². The largest absolute Gasteiger partial charge is 0.277 e. The van der Waals surface area contributed by atoms with Crippen molar-refractivity contribution in [2.24, 2.45) is 4.99 Å². The van der Waals surface area contributed by atoms with E-state index >= 15 is 0 Å². The van der Waals surface area contributed by atoms with Crippen LogP contribution in [0, 0.1) is 0 Å². The lowest BCUT2D eigenvalue weighted by Crippen LogP contribution is -2.38. The highest BCUT2D eigenvalue weighted by atomic mass is 16.2. The molecule has 1 heterocycles. The average molecular weight is 293 g/mol. The zero-order chi connectivity index (χ0) is 15.5. The standard InChI is InChI=1S/C18H19N3O/c1-14-17(19-13-15-9-5-3-6-10-15)18(22)21(20(14)2)16-11-7-4-8-12-16/h3-14,17H,1-2H3. The molecule has 0 bridgehead atoms.